The monoisotopic (exact) mass is 330 g/mol. The molecule has 1 aromatic rings. The lowest BCUT2D eigenvalue weighted by atomic mass is 10.0. The molecule has 0 radical (unpaired) electrons. The number of carbonyl (C=O) groups excluding carboxylic acids is 1. The Morgan fingerprint density at radius 1 is 1.17 bits per heavy atom. The minimum absolute atomic E-state index is 0.0685. The molecule has 0 aliphatic carbocycles. The first-order valence-electron chi connectivity index (χ1n) is 9.29. The number of likely N-dealkylation sites (N-methyl/N-ethyl adjacent to an activating group) is 1. The number of ether oxygens (including phenoxy) is 1. The number of rotatable bonds is 6. The van der Waals surface area contributed by atoms with Gasteiger partial charge in [-0.1, -0.05) is 37.3 Å². The summed E-state index contributed by atoms with van der Waals surface area (Å²) >= 11 is 0. The Labute approximate surface area is 145 Å². The minimum atomic E-state index is -0.0685. The zero-order valence-corrected chi connectivity index (χ0v) is 15.0. The summed E-state index contributed by atoms with van der Waals surface area (Å²) < 4.78 is 5.79. The maximum atomic E-state index is 12.9. The predicted octanol–water partition coefficient (Wildman–Crippen LogP) is 2.92. The second kappa shape index (κ2) is 8.13. The summed E-state index contributed by atoms with van der Waals surface area (Å²) in [6.45, 7) is 5.15. The molecule has 132 valence electrons. The van der Waals surface area contributed by atoms with Crippen LogP contribution in [0.5, 0.6) is 0 Å². The van der Waals surface area contributed by atoms with Crippen LogP contribution in [0.4, 0.5) is 0 Å². The second-order valence-electron chi connectivity index (χ2n) is 7.33. The third-order valence-corrected chi connectivity index (χ3v) is 5.50. The fourth-order valence-corrected chi connectivity index (χ4v) is 4.17. The van der Waals surface area contributed by atoms with Gasteiger partial charge in [-0.2, -0.15) is 0 Å². The first kappa shape index (κ1) is 17.4. The number of hydrogen-bond acceptors (Lipinski definition) is 3. The molecule has 2 aliphatic rings. The van der Waals surface area contributed by atoms with E-state index in [1.807, 2.05) is 25.1 Å². The molecule has 2 fully saturated rings. The van der Waals surface area contributed by atoms with Crippen LogP contribution in [0.25, 0.3) is 0 Å². The van der Waals surface area contributed by atoms with Crippen LogP contribution in [0.2, 0.25) is 0 Å². The standard InChI is InChI=1S/C20H30N2O2/c1-16(14-24-15-17-8-4-3-5-9-17)20(23)22-13-7-11-19(22)18-10-6-12-21(18)2/h3-5,8-9,16,18-19H,6-7,10-15H2,1-2H3/t16-,18+,19-/m1/s1. The van der Waals surface area contributed by atoms with Crippen molar-refractivity contribution >= 4 is 5.91 Å². The summed E-state index contributed by atoms with van der Waals surface area (Å²) in [6, 6.07) is 11.1. The van der Waals surface area contributed by atoms with E-state index in [-0.39, 0.29) is 11.8 Å². The summed E-state index contributed by atoms with van der Waals surface area (Å²) in [6.07, 6.45) is 4.77. The molecule has 0 saturated carbocycles. The molecule has 4 nitrogen and oxygen atoms in total. The van der Waals surface area contributed by atoms with Crippen molar-refractivity contribution < 1.29 is 9.53 Å². The van der Waals surface area contributed by atoms with Crippen molar-refractivity contribution in [3.8, 4) is 0 Å². The fourth-order valence-electron chi connectivity index (χ4n) is 4.17. The first-order chi connectivity index (χ1) is 11.7. The lowest BCUT2D eigenvalue weighted by Crippen LogP contribution is -2.49. The Bertz CT molecular complexity index is 534. The van der Waals surface area contributed by atoms with Gasteiger partial charge in [0.25, 0.3) is 0 Å². The Morgan fingerprint density at radius 3 is 2.58 bits per heavy atom. The third-order valence-electron chi connectivity index (χ3n) is 5.50. The highest BCUT2D eigenvalue weighted by atomic mass is 16.5. The lowest BCUT2D eigenvalue weighted by molar-refractivity contribution is -0.139. The zero-order chi connectivity index (χ0) is 16.9. The zero-order valence-electron chi connectivity index (χ0n) is 15.0. The molecule has 2 saturated heterocycles. The molecule has 0 aromatic heterocycles. The maximum absolute atomic E-state index is 12.9. The van der Waals surface area contributed by atoms with E-state index >= 15 is 0 Å². The minimum Gasteiger partial charge on any atom is -0.376 e. The number of likely N-dealkylation sites (tertiary alicyclic amines) is 2. The normalized spacial score (nSPS) is 26.0. The highest BCUT2D eigenvalue weighted by Gasteiger charge is 2.39. The number of amides is 1. The topological polar surface area (TPSA) is 32.8 Å². The molecule has 24 heavy (non-hydrogen) atoms. The lowest BCUT2D eigenvalue weighted by Gasteiger charge is -2.34. The summed E-state index contributed by atoms with van der Waals surface area (Å²) in [4.78, 5) is 17.5. The average Bonchev–Trinajstić information content (AvgIpc) is 3.23. The Balaban J connectivity index is 1.50. The van der Waals surface area contributed by atoms with Gasteiger partial charge in [0.2, 0.25) is 5.91 Å². The van der Waals surface area contributed by atoms with Gasteiger partial charge in [0.15, 0.2) is 0 Å². The van der Waals surface area contributed by atoms with Gasteiger partial charge >= 0.3 is 0 Å². The van der Waals surface area contributed by atoms with Gasteiger partial charge in [-0.3, -0.25) is 4.79 Å². The summed E-state index contributed by atoms with van der Waals surface area (Å²) in [5, 5.41) is 0. The van der Waals surface area contributed by atoms with E-state index in [0.29, 0.717) is 25.3 Å². The Kier molecular flexibility index (Phi) is 5.90. The molecule has 4 heteroatoms. The number of benzene rings is 1. The fraction of sp³-hybridized carbons (Fsp3) is 0.650. The van der Waals surface area contributed by atoms with Crippen molar-refractivity contribution in [1.82, 2.24) is 9.80 Å². The molecule has 3 rings (SSSR count). The van der Waals surface area contributed by atoms with Gasteiger partial charge in [0.05, 0.1) is 19.1 Å². The molecular weight excluding hydrogens is 300 g/mol. The van der Waals surface area contributed by atoms with Crippen LogP contribution in [0.15, 0.2) is 30.3 Å². The highest BCUT2D eigenvalue weighted by molar-refractivity contribution is 5.79. The number of nitrogens with zero attached hydrogens (tertiary/aromatic N) is 2. The molecule has 0 spiro atoms. The molecule has 0 bridgehead atoms. The molecule has 1 aromatic carbocycles. The van der Waals surface area contributed by atoms with E-state index in [4.69, 9.17) is 4.74 Å². The summed E-state index contributed by atoms with van der Waals surface area (Å²) in [5.74, 6) is 0.201. The maximum Gasteiger partial charge on any atom is 0.228 e. The van der Waals surface area contributed by atoms with Crippen molar-refractivity contribution in [3.63, 3.8) is 0 Å². The molecule has 2 heterocycles. The molecule has 2 aliphatic heterocycles. The van der Waals surface area contributed by atoms with E-state index < -0.39 is 0 Å². The van der Waals surface area contributed by atoms with Crippen molar-refractivity contribution in [3.05, 3.63) is 35.9 Å². The van der Waals surface area contributed by atoms with E-state index in [2.05, 4.69) is 29.0 Å². The average molecular weight is 330 g/mol. The molecule has 0 N–H and O–H groups in total. The van der Waals surface area contributed by atoms with Crippen molar-refractivity contribution in [2.45, 2.75) is 51.3 Å². The highest BCUT2D eigenvalue weighted by Crippen LogP contribution is 2.30. The van der Waals surface area contributed by atoms with Crippen LogP contribution >= 0.6 is 0 Å². The van der Waals surface area contributed by atoms with Crippen molar-refractivity contribution in [2.75, 3.05) is 26.7 Å². The van der Waals surface area contributed by atoms with Crippen LogP contribution < -0.4 is 0 Å². The van der Waals surface area contributed by atoms with E-state index in [0.717, 1.165) is 24.9 Å². The van der Waals surface area contributed by atoms with Gasteiger partial charge in [-0.15, -0.1) is 0 Å². The summed E-state index contributed by atoms with van der Waals surface area (Å²) in [5.41, 5.74) is 1.16. The van der Waals surface area contributed by atoms with Gasteiger partial charge in [-0.05, 0) is 44.8 Å². The summed E-state index contributed by atoms with van der Waals surface area (Å²) in [7, 11) is 2.20. The van der Waals surface area contributed by atoms with Gasteiger partial charge < -0.3 is 14.5 Å². The first-order valence-corrected chi connectivity index (χ1v) is 9.29. The number of carbonyl (C=O) groups is 1. The quantitative estimate of drug-likeness (QED) is 0.804. The molecule has 3 atom stereocenters. The van der Waals surface area contributed by atoms with Crippen LogP contribution in [-0.4, -0.2) is 54.5 Å². The molecule has 0 unspecified atom stereocenters. The van der Waals surface area contributed by atoms with E-state index in [1.54, 1.807) is 0 Å². The van der Waals surface area contributed by atoms with Crippen LogP contribution in [0.1, 0.15) is 38.2 Å². The van der Waals surface area contributed by atoms with E-state index in [1.165, 1.54) is 19.4 Å². The van der Waals surface area contributed by atoms with Gasteiger partial charge in [-0.25, -0.2) is 0 Å². The van der Waals surface area contributed by atoms with Crippen molar-refractivity contribution in [2.24, 2.45) is 5.92 Å². The van der Waals surface area contributed by atoms with Crippen LogP contribution in [0, 0.1) is 5.92 Å². The van der Waals surface area contributed by atoms with Crippen LogP contribution in [-0.2, 0) is 16.1 Å². The molecule has 1 amide bonds. The molecular formula is C20H30N2O2. The largest absolute Gasteiger partial charge is 0.376 e. The third kappa shape index (κ3) is 3.98. The predicted molar refractivity (Wildman–Crippen MR) is 95.6 cm³/mol. The second-order valence-corrected chi connectivity index (χ2v) is 7.33. The SMILES string of the molecule is C[C@H](COCc1ccccc1)C(=O)N1CCC[C@@H]1[C@@H]1CCCN1C. The Hall–Kier alpha value is -1.39. The number of hydrogen-bond donors (Lipinski definition) is 0. The Morgan fingerprint density at radius 2 is 1.88 bits per heavy atom. The van der Waals surface area contributed by atoms with Crippen LogP contribution in [0.3, 0.4) is 0 Å². The smallest absolute Gasteiger partial charge is 0.228 e. The van der Waals surface area contributed by atoms with Crippen molar-refractivity contribution in [1.29, 1.82) is 0 Å². The van der Waals surface area contributed by atoms with Gasteiger partial charge in [0.1, 0.15) is 0 Å². The van der Waals surface area contributed by atoms with E-state index in [9.17, 15) is 4.79 Å². The van der Waals surface area contributed by atoms with Gasteiger partial charge in [0, 0.05) is 18.6 Å².